The summed E-state index contributed by atoms with van der Waals surface area (Å²) in [6.07, 6.45) is 8.84. The van der Waals surface area contributed by atoms with Crippen LogP contribution in [-0.4, -0.2) is 16.9 Å². The highest BCUT2D eigenvalue weighted by atomic mass is 32.1. The van der Waals surface area contributed by atoms with Crippen molar-refractivity contribution < 1.29 is 4.79 Å². The zero-order valence-electron chi connectivity index (χ0n) is 15.6. The predicted octanol–water partition coefficient (Wildman–Crippen LogP) is 5.37. The Kier molecular flexibility index (Phi) is 5.12. The summed E-state index contributed by atoms with van der Waals surface area (Å²) in [5.41, 5.74) is 8.59. The molecular formula is C22H25N3OS. The molecule has 0 bridgehead atoms. The first kappa shape index (κ1) is 18.0. The second kappa shape index (κ2) is 7.69. The lowest BCUT2D eigenvalue weighted by Gasteiger charge is -2.23. The fourth-order valence-electron chi connectivity index (χ4n) is 3.80. The largest absolute Gasteiger partial charge is 0.367 e. The molecule has 3 aromatic rings. The standard InChI is InChI=1S/C22H25N3OS/c1-2-14-8-10-15(11-9-14)19-12-17-20(27-19)18(21(23)26)13-24-22(17)25-16-6-4-3-5-7-16/h8-13,16H,2-7H2,1H3,(H2,23,26)(H,24,25). The summed E-state index contributed by atoms with van der Waals surface area (Å²) >= 11 is 1.61. The van der Waals surface area contributed by atoms with Crippen LogP contribution in [0.5, 0.6) is 0 Å². The quantitative estimate of drug-likeness (QED) is 0.626. The van der Waals surface area contributed by atoms with Gasteiger partial charge in [0.15, 0.2) is 0 Å². The molecule has 2 aromatic heterocycles. The molecule has 0 radical (unpaired) electrons. The summed E-state index contributed by atoms with van der Waals surface area (Å²) in [7, 11) is 0. The van der Waals surface area contributed by atoms with E-state index in [1.165, 1.54) is 37.7 Å². The molecule has 1 aliphatic rings. The van der Waals surface area contributed by atoms with Crippen LogP contribution in [0.1, 0.15) is 54.9 Å². The topological polar surface area (TPSA) is 68.0 Å². The summed E-state index contributed by atoms with van der Waals surface area (Å²) < 4.78 is 0.922. The van der Waals surface area contributed by atoms with Crippen molar-refractivity contribution in [2.24, 2.45) is 5.73 Å². The zero-order valence-corrected chi connectivity index (χ0v) is 16.4. The minimum absolute atomic E-state index is 0.425. The minimum atomic E-state index is -0.425. The van der Waals surface area contributed by atoms with E-state index < -0.39 is 5.91 Å². The van der Waals surface area contributed by atoms with Gasteiger partial charge in [0.1, 0.15) is 5.82 Å². The molecule has 3 N–H and O–H groups in total. The fourth-order valence-corrected chi connectivity index (χ4v) is 4.98. The average Bonchev–Trinajstić information content (AvgIpc) is 3.14. The molecule has 0 saturated heterocycles. The Morgan fingerprint density at radius 2 is 1.96 bits per heavy atom. The van der Waals surface area contributed by atoms with Gasteiger partial charge in [-0.15, -0.1) is 11.3 Å². The van der Waals surface area contributed by atoms with Crippen LogP contribution in [0.2, 0.25) is 0 Å². The summed E-state index contributed by atoms with van der Waals surface area (Å²) in [4.78, 5) is 17.6. The molecule has 2 heterocycles. The number of amides is 1. The molecule has 4 rings (SSSR count). The first-order chi connectivity index (χ1) is 13.2. The van der Waals surface area contributed by atoms with Crippen molar-refractivity contribution in [3.8, 4) is 10.4 Å². The highest BCUT2D eigenvalue weighted by Crippen LogP contribution is 2.38. The number of nitrogens with two attached hydrogens (primary N) is 1. The Morgan fingerprint density at radius 3 is 2.63 bits per heavy atom. The molecule has 5 heteroatoms. The number of carbonyl (C=O) groups is 1. The van der Waals surface area contributed by atoms with Crippen molar-refractivity contribution in [3.63, 3.8) is 0 Å². The van der Waals surface area contributed by atoms with Crippen molar-refractivity contribution in [3.05, 3.63) is 47.7 Å². The van der Waals surface area contributed by atoms with E-state index in [1.807, 2.05) is 0 Å². The molecule has 1 fully saturated rings. The van der Waals surface area contributed by atoms with Crippen molar-refractivity contribution in [2.75, 3.05) is 5.32 Å². The molecular weight excluding hydrogens is 354 g/mol. The number of nitrogens with zero attached hydrogens (tertiary/aromatic N) is 1. The zero-order chi connectivity index (χ0) is 18.8. The number of anilines is 1. The van der Waals surface area contributed by atoms with Gasteiger partial charge in [-0.2, -0.15) is 0 Å². The number of aryl methyl sites for hydroxylation is 1. The number of nitrogens with one attached hydrogen (secondary N) is 1. The number of primary amides is 1. The number of fused-ring (bicyclic) bond motifs is 1. The first-order valence-corrected chi connectivity index (χ1v) is 10.6. The van der Waals surface area contributed by atoms with Crippen LogP contribution >= 0.6 is 11.3 Å². The molecule has 0 unspecified atom stereocenters. The molecule has 0 atom stereocenters. The van der Waals surface area contributed by atoms with Crippen LogP contribution in [0, 0.1) is 0 Å². The van der Waals surface area contributed by atoms with Crippen LogP contribution < -0.4 is 11.1 Å². The third kappa shape index (κ3) is 3.69. The molecule has 140 valence electrons. The average molecular weight is 380 g/mol. The molecule has 1 saturated carbocycles. The van der Waals surface area contributed by atoms with Crippen LogP contribution in [-0.2, 0) is 6.42 Å². The molecule has 0 aliphatic heterocycles. The van der Waals surface area contributed by atoms with Crippen molar-refractivity contribution in [1.29, 1.82) is 0 Å². The maximum atomic E-state index is 11.9. The van der Waals surface area contributed by atoms with Gasteiger partial charge in [0.05, 0.1) is 10.3 Å². The Balaban J connectivity index is 1.76. The fraction of sp³-hybridized carbons (Fsp3) is 0.364. The molecule has 4 nitrogen and oxygen atoms in total. The van der Waals surface area contributed by atoms with Gasteiger partial charge in [-0.1, -0.05) is 50.5 Å². The minimum Gasteiger partial charge on any atom is -0.367 e. The number of hydrogen-bond donors (Lipinski definition) is 2. The van der Waals surface area contributed by atoms with E-state index in [-0.39, 0.29) is 0 Å². The molecule has 27 heavy (non-hydrogen) atoms. The lowest BCUT2D eigenvalue weighted by Crippen LogP contribution is -2.23. The van der Waals surface area contributed by atoms with Crippen molar-refractivity contribution in [2.45, 2.75) is 51.5 Å². The van der Waals surface area contributed by atoms with E-state index in [0.29, 0.717) is 11.6 Å². The Morgan fingerprint density at radius 1 is 1.22 bits per heavy atom. The Bertz CT molecular complexity index is 956. The van der Waals surface area contributed by atoms with Gasteiger partial charge in [0, 0.05) is 22.5 Å². The maximum absolute atomic E-state index is 11.9. The van der Waals surface area contributed by atoms with E-state index in [4.69, 9.17) is 5.73 Å². The second-order valence-electron chi connectivity index (χ2n) is 7.27. The van der Waals surface area contributed by atoms with Crippen molar-refractivity contribution in [1.82, 2.24) is 4.98 Å². The van der Waals surface area contributed by atoms with Gasteiger partial charge in [-0.3, -0.25) is 4.79 Å². The highest BCUT2D eigenvalue weighted by Gasteiger charge is 2.19. The first-order valence-electron chi connectivity index (χ1n) is 9.74. The van der Waals surface area contributed by atoms with Gasteiger partial charge >= 0.3 is 0 Å². The normalized spacial score (nSPS) is 15.1. The smallest absolute Gasteiger partial charge is 0.251 e. The Labute approximate surface area is 163 Å². The van der Waals surface area contributed by atoms with Gasteiger partial charge in [0.25, 0.3) is 5.91 Å². The van der Waals surface area contributed by atoms with Gasteiger partial charge in [-0.05, 0) is 36.5 Å². The van der Waals surface area contributed by atoms with E-state index >= 15 is 0 Å². The molecule has 1 aromatic carbocycles. The lowest BCUT2D eigenvalue weighted by molar-refractivity contribution is 0.100. The predicted molar refractivity (Wildman–Crippen MR) is 113 cm³/mol. The molecule has 1 aliphatic carbocycles. The van der Waals surface area contributed by atoms with Crippen LogP contribution in [0.3, 0.4) is 0 Å². The third-order valence-corrected chi connectivity index (χ3v) is 6.63. The summed E-state index contributed by atoms with van der Waals surface area (Å²) in [6.45, 7) is 2.16. The second-order valence-corrected chi connectivity index (χ2v) is 8.32. The highest BCUT2D eigenvalue weighted by molar-refractivity contribution is 7.22. The van der Waals surface area contributed by atoms with Crippen LogP contribution in [0.15, 0.2) is 36.5 Å². The number of benzene rings is 1. The summed E-state index contributed by atoms with van der Waals surface area (Å²) in [5.74, 6) is 0.445. The van der Waals surface area contributed by atoms with Gasteiger partial charge in [0.2, 0.25) is 0 Å². The number of thiophene rings is 1. The van der Waals surface area contributed by atoms with Crippen LogP contribution in [0.25, 0.3) is 20.5 Å². The van der Waals surface area contributed by atoms with E-state index in [0.717, 1.165) is 32.8 Å². The van der Waals surface area contributed by atoms with E-state index in [2.05, 4.69) is 47.6 Å². The number of hydrogen-bond acceptors (Lipinski definition) is 4. The van der Waals surface area contributed by atoms with E-state index in [9.17, 15) is 4.79 Å². The monoisotopic (exact) mass is 379 g/mol. The number of carbonyl (C=O) groups excluding carboxylic acids is 1. The van der Waals surface area contributed by atoms with E-state index in [1.54, 1.807) is 17.5 Å². The lowest BCUT2D eigenvalue weighted by atomic mass is 9.95. The summed E-state index contributed by atoms with van der Waals surface area (Å²) in [5, 5.41) is 4.61. The molecule has 1 amide bonds. The van der Waals surface area contributed by atoms with Gasteiger partial charge in [-0.25, -0.2) is 4.98 Å². The maximum Gasteiger partial charge on any atom is 0.251 e. The third-order valence-electron chi connectivity index (χ3n) is 5.41. The molecule has 0 spiro atoms. The number of aromatic nitrogens is 1. The summed E-state index contributed by atoms with van der Waals surface area (Å²) in [6, 6.07) is 11.2. The number of rotatable bonds is 5. The number of pyridine rings is 1. The van der Waals surface area contributed by atoms with Crippen LogP contribution in [0.4, 0.5) is 5.82 Å². The SMILES string of the molecule is CCc1ccc(-c2cc3c(NC4CCCCC4)ncc(C(N)=O)c3s2)cc1. The van der Waals surface area contributed by atoms with Crippen molar-refractivity contribution >= 4 is 33.1 Å². The van der Waals surface area contributed by atoms with Gasteiger partial charge < -0.3 is 11.1 Å². The Hall–Kier alpha value is -2.40.